The molecule has 0 bridgehead atoms. The Morgan fingerprint density at radius 3 is 1.73 bits per heavy atom. The normalized spacial score (nSPS) is 14.7. The highest BCUT2D eigenvalue weighted by molar-refractivity contribution is 5.49. The number of aryl methyl sites for hydroxylation is 2. The Morgan fingerprint density at radius 1 is 0.773 bits per heavy atom. The minimum atomic E-state index is 0.368. The standard InChI is InChI=1S/C22H24/c1-15-7-5-9-19(11-15)22(20-10-6-8-16(2)12-20)21-13-17(3)18(4)14-21/h5-13,22H,14H2,1-4H3. The van der Waals surface area contributed by atoms with E-state index in [9.17, 15) is 0 Å². The Bertz CT molecular complexity index is 714. The average molecular weight is 288 g/mol. The zero-order chi connectivity index (χ0) is 15.7. The molecule has 0 heteroatoms. The molecule has 1 aliphatic carbocycles. The third kappa shape index (κ3) is 2.92. The molecule has 0 aromatic heterocycles. The predicted molar refractivity (Wildman–Crippen MR) is 95.3 cm³/mol. The van der Waals surface area contributed by atoms with Gasteiger partial charge in [-0.1, -0.05) is 82.5 Å². The van der Waals surface area contributed by atoms with Crippen LogP contribution in [0.3, 0.4) is 0 Å². The first-order chi connectivity index (χ1) is 10.5. The topological polar surface area (TPSA) is 0 Å². The third-order valence-corrected chi connectivity index (χ3v) is 4.67. The molecule has 1 aliphatic rings. The lowest BCUT2D eigenvalue weighted by molar-refractivity contribution is 0.900. The van der Waals surface area contributed by atoms with Crippen LogP contribution in [0.5, 0.6) is 0 Å². The van der Waals surface area contributed by atoms with E-state index in [0.29, 0.717) is 5.92 Å². The molecule has 3 rings (SSSR count). The highest BCUT2D eigenvalue weighted by Crippen LogP contribution is 2.40. The lowest BCUT2D eigenvalue weighted by Gasteiger charge is -2.21. The van der Waals surface area contributed by atoms with Crippen LogP contribution in [0.1, 0.15) is 48.4 Å². The van der Waals surface area contributed by atoms with Crippen molar-refractivity contribution in [3.8, 4) is 0 Å². The molecule has 0 atom stereocenters. The van der Waals surface area contributed by atoms with Gasteiger partial charge in [0.2, 0.25) is 0 Å². The van der Waals surface area contributed by atoms with Crippen LogP contribution in [0.4, 0.5) is 0 Å². The molecule has 0 amide bonds. The number of benzene rings is 2. The van der Waals surface area contributed by atoms with Crippen LogP contribution in [-0.2, 0) is 0 Å². The Morgan fingerprint density at radius 2 is 1.32 bits per heavy atom. The molecule has 0 saturated heterocycles. The van der Waals surface area contributed by atoms with Crippen LogP contribution in [0, 0.1) is 13.8 Å². The minimum absolute atomic E-state index is 0.368. The van der Waals surface area contributed by atoms with E-state index in [0.717, 1.165) is 6.42 Å². The summed E-state index contributed by atoms with van der Waals surface area (Å²) in [5.41, 5.74) is 9.91. The summed E-state index contributed by atoms with van der Waals surface area (Å²) in [4.78, 5) is 0. The maximum Gasteiger partial charge on any atom is 0.0305 e. The first-order valence-electron chi connectivity index (χ1n) is 8.04. The van der Waals surface area contributed by atoms with Crippen molar-refractivity contribution in [1.82, 2.24) is 0 Å². The van der Waals surface area contributed by atoms with E-state index in [2.05, 4.69) is 82.3 Å². The van der Waals surface area contributed by atoms with Crippen molar-refractivity contribution in [2.75, 3.05) is 0 Å². The molecular formula is C22H24. The van der Waals surface area contributed by atoms with Crippen LogP contribution >= 0.6 is 0 Å². The van der Waals surface area contributed by atoms with Crippen molar-refractivity contribution in [2.45, 2.75) is 40.0 Å². The summed E-state index contributed by atoms with van der Waals surface area (Å²) in [7, 11) is 0. The van der Waals surface area contributed by atoms with Gasteiger partial charge in [-0.05, 0) is 45.2 Å². The van der Waals surface area contributed by atoms with Crippen molar-refractivity contribution >= 4 is 0 Å². The second kappa shape index (κ2) is 5.96. The van der Waals surface area contributed by atoms with Gasteiger partial charge in [0.1, 0.15) is 0 Å². The zero-order valence-electron chi connectivity index (χ0n) is 14.0. The van der Waals surface area contributed by atoms with Crippen molar-refractivity contribution in [1.29, 1.82) is 0 Å². The molecule has 2 aromatic rings. The summed E-state index contributed by atoms with van der Waals surface area (Å²) in [6.07, 6.45) is 3.49. The van der Waals surface area contributed by atoms with Crippen molar-refractivity contribution < 1.29 is 0 Å². The fourth-order valence-corrected chi connectivity index (χ4v) is 3.40. The van der Waals surface area contributed by atoms with Gasteiger partial charge in [0.05, 0.1) is 0 Å². The maximum absolute atomic E-state index is 2.39. The van der Waals surface area contributed by atoms with E-state index in [1.54, 1.807) is 0 Å². The largest absolute Gasteiger partial charge is 0.0663 e. The number of hydrogen-bond donors (Lipinski definition) is 0. The molecule has 0 fully saturated rings. The van der Waals surface area contributed by atoms with Crippen LogP contribution in [-0.4, -0.2) is 0 Å². The lowest BCUT2D eigenvalue weighted by Crippen LogP contribution is -2.05. The molecule has 22 heavy (non-hydrogen) atoms. The van der Waals surface area contributed by atoms with E-state index in [1.807, 2.05) is 0 Å². The van der Waals surface area contributed by atoms with Crippen molar-refractivity contribution in [3.63, 3.8) is 0 Å². The summed E-state index contributed by atoms with van der Waals surface area (Å²) in [6.45, 7) is 8.83. The fourth-order valence-electron chi connectivity index (χ4n) is 3.40. The quantitative estimate of drug-likeness (QED) is 0.640. The maximum atomic E-state index is 2.39. The van der Waals surface area contributed by atoms with Gasteiger partial charge in [0.15, 0.2) is 0 Å². The monoisotopic (exact) mass is 288 g/mol. The molecule has 112 valence electrons. The molecule has 0 unspecified atom stereocenters. The number of rotatable bonds is 3. The predicted octanol–water partition coefficient (Wildman–Crippen LogP) is 6.10. The minimum Gasteiger partial charge on any atom is -0.0663 e. The Kier molecular flexibility index (Phi) is 4.02. The zero-order valence-corrected chi connectivity index (χ0v) is 14.0. The van der Waals surface area contributed by atoms with Gasteiger partial charge in [-0.2, -0.15) is 0 Å². The van der Waals surface area contributed by atoms with Crippen LogP contribution < -0.4 is 0 Å². The highest BCUT2D eigenvalue weighted by atomic mass is 14.3. The van der Waals surface area contributed by atoms with Gasteiger partial charge in [0, 0.05) is 5.92 Å². The van der Waals surface area contributed by atoms with Crippen LogP contribution in [0.2, 0.25) is 0 Å². The van der Waals surface area contributed by atoms with Crippen LogP contribution in [0.15, 0.2) is 71.3 Å². The van der Waals surface area contributed by atoms with Gasteiger partial charge in [-0.25, -0.2) is 0 Å². The summed E-state index contributed by atoms with van der Waals surface area (Å²) >= 11 is 0. The van der Waals surface area contributed by atoms with Crippen molar-refractivity contribution in [2.24, 2.45) is 0 Å². The molecule has 0 saturated carbocycles. The number of hydrogen-bond acceptors (Lipinski definition) is 0. The SMILES string of the molecule is CC1=C(C)CC(C(c2cccc(C)c2)c2cccc(C)c2)=C1. The Hall–Kier alpha value is -2.08. The summed E-state index contributed by atoms with van der Waals surface area (Å²) in [6, 6.07) is 17.9. The molecule has 0 aliphatic heterocycles. The van der Waals surface area contributed by atoms with E-state index in [-0.39, 0.29) is 0 Å². The molecule has 0 radical (unpaired) electrons. The molecule has 0 heterocycles. The first kappa shape index (κ1) is 14.8. The molecule has 0 N–H and O–H groups in total. The second-order valence-electron chi connectivity index (χ2n) is 6.62. The molecular weight excluding hydrogens is 264 g/mol. The number of allylic oxidation sites excluding steroid dienone is 4. The van der Waals surface area contributed by atoms with Crippen molar-refractivity contribution in [3.05, 3.63) is 93.6 Å². The Labute approximate surface area is 134 Å². The van der Waals surface area contributed by atoms with E-state index in [4.69, 9.17) is 0 Å². The molecule has 0 nitrogen and oxygen atoms in total. The third-order valence-electron chi connectivity index (χ3n) is 4.67. The van der Waals surface area contributed by atoms with E-state index < -0.39 is 0 Å². The smallest absolute Gasteiger partial charge is 0.0305 e. The average Bonchev–Trinajstić information content (AvgIpc) is 2.78. The highest BCUT2D eigenvalue weighted by Gasteiger charge is 2.22. The van der Waals surface area contributed by atoms with Crippen LogP contribution in [0.25, 0.3) is 0 Å². The van der Waals surface area contributed by atoms with E-state index in [1.165, 1.54) is 39.0 Å². The molecule has 0 spiro atoms. The Balaban J connectivity index is 2.10. The van der Waals surface area contributed by atoms with E-state index >= 15 is 0 Å². The first-order valence-corrected chi connectivity index (χ1v) is 8.04. The molecule has 2 aromatic carbocycles. The summed E-state index contributed by atoms with van der Waals surface area (Å²) in [5.74, 6) is 0.368. The second-order valence-corrected chi connectivity index (χ2v) is 6.62. The van der Waals surface area contributed by atoms with Gasteiger partial charge < -0.3 is 0 Å². The summed E-state index contributed by atoms with van der Waals surface area (Å²) in [5, 5.41) is 0. The van der Waals surface area contributed by atoms with Gasteiger partial charge in [0.25, 0.3) is 0 Å². The summed E-state index contributed by atoms with van der Waals surface area (Å²) < 4.78 is 0. The van der Waals surface area contributed by atoms with Gasteiger partial charge >= 0.3 is 0 Å². The lowest BCUT2D eigenvalue weighted by atomic mass is 9.83. The van der Waals surface area contributed by atoms with Gasteiger partial charge in [-0.15, -0.1) is 0 Å². The fraction of sp³-hybridized carbons (Fsp3) is 0.273. The van der Waals surface area contributed by atoms with Gasteiger partial charge in [-0.3, -0.25) is 0 Å².